The van der Waals surface area contributed by atoms with Crippen molar-refractivity contribution in [3.63, 3.8) is 0 Å². The van der Waals surface area contributed by atoms with Gasteiger partial charge in [0.1, 0.15) is 11.6 Å². The molecule has 1 aromatic rings. The molecule has 3 aliphatic rings. The van der Waals surface area contributed by atoms with Gasteiger partial charge in [0.2, 0.25) is 5.91 Å². The van der Waals surface area contributed by atoms with E-state index in [0.29, 0.717) is 43.4 Å². The van der Waals surface area contributed by atoms with Crippen LogP contribution in [0.5, 0.6) is 0 Å². The van der Waals surface area contributed by atoms with Crippen LogP contribution in [0.4, 0.5) is 0 Å². The maximum absolute atomic E-state index is 13.8. The number of nitrogens with one attached hydrogen (secondary N) is 1. The van der Waals surface area contributed by atoms with Crippen molar-refractivity contribution in [2.75, 3.05) is 19.7 Å². The third kappa shape index (κ3) is 6.80. The zero-order chi connectivity index (χ0) is 30.6. The van der Waals surface area contributed by atoms with E-state index in [0.717, 1.165) is 0 Å². The molecule has 0 aromatic heterocycles. The molecule has 0 unspecified atom stereocenters. The summed E-state index contributed by atoms with van der Waals surface area (Å²) in [5, 5.41) is 5.66. The van der Waals surface area contributed by atoms with Crippen molar-refractivity contribution < 1.29 is 38.2 Å². The molecule has 2 saturated heterocycles. The highest BCUT2D eigenvalue weighted by molar-refractivity contribution is 6.21. The molecule has 0 aliphatic carbocycles. The Morgan fingerprint density at radius 1 is 1.02 bits per heavy atom. The quantitative estimate of drug-likeness (QED) is 0.249. The fourth-order valence-electron chi connectivity index (χ4n) is 5.59. The van der Waals surface area contributed by atoms with E-state index >= 15 is 0 Å². The van der Waals surface area contributed by atoms with E-state index in [4.69, 9.17) is 9.47 Å². The summed E-state index contributed by atoms with van der Waals surface area (Å²) in [7, 11) is 0. The maximum Gasteiger partial charge on any atom is 0.331 e. The average molecular weight is 585 g/mol. The topological polar surface area (TPSA) is 143 Å². The summed E-state index contributed by atoms with van der Waals surface area (Å²) in [6, 6.07) is 3.95. The monoisotopic (exact) mass is 584 g/mol. The Labute approximate surface area is 245 Å². The first-order valence-electron chi connectivity index (χ1n) is 14.7. The molecule has 0 radical (unpaired) electrons. The molecule has 4 amide bonds. The summed E-state index contributed by atoms with van der Waals surface area (Å²) in [5.41, 5.74) is -0.00395. The lowest BCUT2D eigenvalue weighted by Crippen LogP contribution is -2.63. The van der Waals surface area contributed by atoms with Crippen molar-refractivity contribution in [3.8, 4) is 0 Å². The first-order valence-corrected chi connectivity index (χ1v) is 14.7. The lowest BCUT2D eigenvalue weighted by molar-refractivity contribution is -0.188. The van der Waals surface area contributed by atoms with E-state index in [1.165, 1.54) is 14.9 Å². The third-order valence-electron chi connectivity index (χ3n) is 7.52. The number of imide groups is 1. The summed E-state index contributed by atoms with van der Waals surface area (Å²) >= 11 is 0. The predicted molar refractivity (Wildman–Crippen MR) is 150 cm³/mol. The lowest BCUT2D eigenvalue weighted by Gasteiger charge is -2.43. The van der Waals surface area contributed by atoms with E-state index in [-0.39, 0.29) is 50.1 Å². The van der Waals surface area contributed by atoms with Crippen molar-refractivity contribution in [1.82, 2.24) is 20.2 Å². The van der Waals surface area contributed by atoms with Crippen LogP contribution in [0.2, 0.25) is 0 Å². The largest absolute Gasteiger partial charge is 0.465 e. The number of rotatable bonds is 10. The molecule has 3 atom stereocenters. The first-order chi connectivity index (χ1) is 19.9. The second-order valence-electron chi connectivity index (χ2n) is 11.8. The van der Waals surface area contributed by atoms with Crippen molar-refractivity contribution >= 4 is 35.6 Å². The van der Waals surface area contributed by atoms with Crippen LogP contribution in [0.1, 0.15) is 93.4 Å². The van der Waals surface area contributed by atoms with E-state index in [2.05, 4.69) is 5.32 Å². The Hall–Kier alpha value is -3.80. The van der Waals surface area contributed by atoms with Gasteiger partial charge in [0.15, 0.2) is 6.04 Å². The smallest absolute Gasteiger partial charge is 0.331 e. The van der Waals surface area contributed by atoms with E-state index < -0.39 is 41.6 Å². The highest BCUT2D eigenvalue weighted by Gasteiger charge is 2.46. The van der Waals surface area contributed by atoms with Crippen LogP contribution in [0.3, 0.4) is 0 Å². The van der Waals surface area contributed by atoms with Crippen LogP contribution in [0.25, 0.3) is 0 Å². The number of carbonyl (C=O) groups excluding carboxylic acids is 6. The van der Waals surface area contributed by atoms with E-state index in [1.54, 1.807) is 52.0 Å². The van der Waals surface area contributed by atoms with Crippen molar-refractivity contribution in [3.05, 3.63) is 35.4 Å². The zero-order valence-corrected chi connectivity index (χ0v) is 24.7. The molecule has 0 saturated carbocycles. The molecule has 0 spiro atoms. The minimum atomic E-state index is -0.947. The first kappa shape index (κ1) is 31.1. The van der Waals surface area contributed by atoms with Crippen LogP contribution in [0.15, 0.2) is 24.3 Å². The van der Waals surface area contributed by atoms with Gasteiger partial charge in [-0.2, -0.15) is 0 Å². The van der Waals surface area contributed by atoms with E-state index in [1.807, 2.05) is 0 Å². The molecule has 12 heteroatoms. The minimum Gasteiger partial charge on any atom is -0.465 e. The summed E-state index contributed by atoms with van der Waals surface area (Å²) in [6.07, 6.45) is 2.30. The van der Waals surface area contributed by atoms with Gasteiger partial charge >= 0.3 is 11.9 Å². The van der Waals surface area contributed by atoms with Gasteiger partial charge in [-0.3, -0.25) is 39.2 Å². The minimum absolute atomic E-state index is 0.0657. The summed E-state index contributed by atoms with van der Waals surface area (Å²) < 4.78 is 10.8. The number of benzene rings is 1. The molecule has 228 valence electrons. The molecule has 12 nitrogen and oxygen atoms in total. The number of nitrogens with zero attached hydrogens (tertiary/aromatic N) is 3. The fourth-order valence-corrected chi connectivity index (χ4v) is 5.59. The second-order valence-corrected chi connectivity index (χ2v) is 11.8. The third-order valence-corrected chi connectivity index (χ3v) is 7.52. The number of hydrogen-bond acceptors (Lipinski definition) is 9. The molecule has 1 N–H and O–H groups in total. The zero-order valence-electron chi connectivity index (χ0n) is 24.7. The van der Waals surface area contributed by atoms with Crippen LogP contribution >= 0.6 is 0 Å². The van der Waals surface area contributed by atoms with Gasteiger partial charge < -0.3 is 9.47 Å². The van der Waals surface area contributed by atoms with Crippen LogP contribution < -0.4 is 5.32 Å². The normalized spacial score (nSPS) is 21.6. The van der Waals surface area contributed by atoms with Crippen molar-refractivity contribution in [2.45, 2.75) is 96.4 Å². The molecular formula is C30H40N4O8. The van der Waals surface area contributed by atoms with Gasteiger partial charge in [0.25, 0.3) is 17.7 Å². The number of unbranched alkanes of at least 4 members (excludes halogenated alkanes) is 1. The molecule has 0 bridgehead atoms. The van der Waals surface area contributed by atoms with Gasteiger partial charge in [-0.1, -0.05) is 12.1 Å². The Morgan fingerprint density at radius 2 is 1.69 bits per heavy atom. The maximum atomic E-state index is 13.8. The Bertz CT molecular complexity index is 1210. The average Bonchev–Trinajstić information content (AvgIpc) is 3.11. The lowest BCUT2D eigenvalue weighted by atomic mass is 10.0. The highest BCUT2D eigenvalue weighted by Crippen LogP contribution is 2.27. The van der Waals surface area contributed by atoms with Crippen LogP contribution in [-0.2, 0) is 28.7 Å². The molecular weight excluding hydrogens is 544 g/mol. The van der Waals surface area contributed by atoms with Gasteiger partial charge in [-0.15, -0.1) is 0 Å². The van der Waals surface area contributed by atoms with Gasteiger partial charge in [0, 0.05) is 19.5 Å². The molecule has 3 aliphatic heterocycles. The van der Waals surface area contributed by atoms with Crippen molar-refractivity contribution in [2.24, 2.45) is 0 Å². The number of hydrazine groups is 1. The number of hydrogen-bond donors (Lipinski definition) is 1. The molecule has 1 aromatic carbocycles. The summed E-state index contributed by atoms with van der Waals surface area (Å²) in [6.45, 7) is 7.55. The Kier molecular flexibility index (Phi) is 9.65. The highest BCUT2D eigenvalue weighted by atomic mass is 16.6. The fraction of sp³-hybridized carbons (Fsp3) is 0.600. The van der Waals surface area contributed by atoms with Crippen LogP contribution in [-0.4, -0.2) is 93.9 Å². The predicted octanol–water partition coefficient (Wildman–Crippen LogP) is 2.21. The van der Waals surface area contributed by atoms with Gasteiger partial charge in [0.05, 0.1) is 23.8 Å². The van der Waals surface area contributed by atoms with E-state index in [9.17, 15) is 28.8 Å². The van der Waals surface area contributed by atoms with Crippen molar-refractivity contribution in [1.29, 1.82) is 0 Å². The Morgan fingerprint density at radius 3 is 2.31 bits per heavy atom. The number of esters is 2. The number of carbonyl (C=O) groups is 6. The number of amides is 4. The van der Waals surface area contributed by atoms with Crippen LogP contribution in [0, 0.1) is 0 Å². The molecule has 3 heterocycles. The molecule has 2 fully saturated rings. The SMILES string of the molecule is CCOC(=O)[C@H](CCCCN1C(=O)c2ccccc2C1=O)N[C@H]1CCC(=O)N2CCC[C@@H](C(=O)OC(C)(C)C)N2C1=O. The standard InChI is InChI=1S/C30H40N4O8/c1-5-41-28(39)22(13-8-9-17-32-25(36)19-11-6-7-12-20(19)26(32)37)31-21-15-16-24(35)33-18-10-14-23(34(33)27(21)38)29(40)42-30(2,3)4/h6-7,11-12,21-23,31H,5,8-10,13-18H2,1-4H3/t21-,22-,23-/m0/s1. The second kappa shape index (κ2) is 13.0. The number of fused-ring (bicyclic) bond motifs is 2. The molecule has 4 rings (SSSR count). The molecule has 42 heavy (non-hydrogen) atoms. The Balaban J connectivity index is 1.43. The van der Waals surface area contributed by atoms with Gasteiger partial charge in [-0.05, 0) is 78.4 Å². The summed E-state index contributed by atoms with van der Waals surface area (Å²) in [4.78, 5) is 79.3. The van der Waals surface area contributed by atoms with Gasteiger partial charge in [-0.25, -0.2) is 9.80 Å². The number of ether oxygens (including phenoxy) is 2. The summed E-state index contributed by atoms with van der Waals surface area (Å²) in [5.74, 6) is -2.54.